The lowest BCUT2D eigenvalue weighted by molar-refractivity contribution is 1.01. The van der Waals surface area contributed by atoms with Crippen molar-refractivity contribution in [2.24, 2.45) is 5.73 Å². The molecule has 2 aromatic rings. The van der Waals surface area contributed by atoms with Crippen molar-refractivity contribution in [3.63, 3.8) is 0 Å². The summed E-state index contributed by atoms with van der Waals surface area (Å²) >= 11 is 5.25. The van der Waals surface area contributed by atoms with E-state index < -0.39 is 0 Å². The molecule has 1 heterocycles. The lowest BCUT2D eigenvalue weighted by atomic mass is 10.2. The summed E-state index contributed by atoms with van der Waals surface area (Å²) in [5.41, 5.74) is 6.71. The molecule has 0 saturated carbocycles. The van der Waals surface area contributed by atoms with Gasteiger partial charge in [-0.05, 0) is 48.9 Å². The van der Waals surface area contributed by atoms with Gasteiger partial charge >= 0.3 is 0 Å². The topological polar surface area (TPSA) is 26.0 Å². The van der Waals surface area contributed by atoms with Crippen LogP contribution >= 0.6 is 27.3 Å². The summed E-state index contributed by atoms with van der Waals surface area (Å²) in [5, 5.41) is 0. The fourth-order valence-electron chi connectivity index (χ4n) is 1.51. The molecular weight excluding hydrogens is 294 g/mol. The van der Waals surface area contributed by atoms with E-state index in [2.05, 4.69) is 64.5 Å². The molecule has 3 heteroatoms. The first-order chi connectivity index (χ1) is 8.29. The summed E-state index contributed by atoms with van der Waals surface area (Å²) < 4.78 is 1.11. The molecule has 17 heavy (non-hydrogen) atoms. The Morgan fingerprint density at radius 3 is 2.59 bits per heavy atom. The van der Waals surface area contributed by atoms with Crippen molar-refractivity contribution in [3.05, 3.63) is 51.8 Å². The van der Waals surface area contributed by atoms with Crippen LogP contribution in [0.4, 0.5) is 0 Å². The number of halogens is 1. The zero-order valence-corrected chi connectivity index (χ0v) is 11.8. The van der Waals surface area contributed by atoms with Gasteiger partial charge in [-0.25, -0.2) is 0 Å². The molecule has 2 N–H and O–H groups in total. The van der Waals surface area contributed by atoms with Crippen LogP contribution in [-0.2, 0) is 0 Å². The Morgan fingerprint density at radius 2 is 1.88 bits per heavy atom. The van der Waals surface area contributed by atoms with Gasteiger partial charge in [-0.1, -0.05) is 34.1 Å². The first kappa shape index (κ1) is 12.6. The van der Waals surface area contributed by atoms with Crippen molar-refractivity contribution in [2.45, 2.75) is 6.42 Å². The molecule has 1 aromatic carbocycles. The molecule has 0 bridgehead atoms. The van der Waals surface area contributed by atoms with Gasteiger partial charge in [-0.15, -0.1) is 11.3 Å². The maximum absolute atomic E-state index is 5.45. The average molecular weight is 308 g/mol. The lowest BCUT2D eigenvalue weighted by Crippen LogP contribution is -1.94. The largest absolute Gasteiger partial charge is 0.330 e. The molecule has 0 aliphatic heterocycles. The van der Waals surface area contributed by atoms with Crippen LogP contribution in [0.5, 0.6) is 0 Å². The summed E-state index contributed by atoms with van der Waals surface area (Å²) in [6.07, 6.45) is 5.20. The van der Waals surface area contributed by atoms with Crippen LogP contribution < -0.4 is 5.73 Å². The van der Waals surface area contributed by atoms with Gasteiger partial charge in [-0.3, -0.25) is 0 Å². The molecule has 1 nitrogen and oxygen atoms in total. The van der Waals surface area contributed by atoms with Crippen molar-refractivity contribution in [3.8, 4) is 10.4 Å². The Morgan fingerprint density at radius 1 is 1.12 bits per heavy atom. The Kier molecular flexibility index (Phi) is 4.54. The zero-order chi connectivity index (χ0) is 12.1. The van der Waals surface area contributed by atoms with E-state index in [9.17, 15) is 0 Å². The monoisotopic (exact) mass is 307 g/mol. The zero-order valence-electron chi connectivity index (χ0n) is 9.40. The van der Waals surface area contributed by atoms with Crippen molar-refractivity contribution in [1.82, 2.24) is 0 Å². The molecule has 0 saturated heterocycles. The Hall–Kier alpha value is -0.900. The van der Waals surface area contributed by atoms with E-state index in [0.717, 1.165) is 10.9 Å². The van der Waals surface area contributed by atoms with Crippen molar-refractivity contribution < 1.29 is 0 Å². The van der Waals surface area contributed by atoms with E-state index in [-0.39, 0.29) is 0 Å². The predicted molar refractivity (Wildman–Crippen MR) is 80.2 cm³/mol. The van der Waals surface area contributed by atoms with Crippen LogP contribution in [0.1, 0.15) is 11.3 Å². The van der Waals surface area contributed by atoms with Gasteiger partial charge in [0.2, 0.25) is 0 Å². The Labute approximate surface area is 114 Å². The molecule has 0 radical (unpaired) electrons. The van der Waals surface area contributed by atoms with E-state index in [0.29, 0.717) is 6.54 Å². The molecule has 88 valence electrons. The molecule has 0 atom stereocenters. The summed E-state index contributed by atoms with van der Waals surface area (Å²) in [5.74, 6) is 0. The van der Waals surface area contributed by atoms with Crippen molar-refractivity contribution in [2.75, 3.05) is 6.54 Å². The van der Waals surface area contributed by atoms with Gasteiger partial charge in [0.25, 0.3) is 0 Å². The SMILES string of the molecule is NCCC=Cc1ccc(-c2ccc(Br)cc2)s1. The number of hydrogen-bond acceptors (Lipinski definition) is 2. The van der Waals surface area contributed by atoms with Crippen molar-refractivity contribution >= 4 is 33.3 Å². The minimum Gasteiger partial charge on any atom is -0.330 e. The predicted octanol–water partition coefficient (Wildman–Crippen LogP) is 4.54. The minimum atomic E-state index is 0.710. The second-order valence-electron chi connectivity index (χ2n) is 3.69. The fourth-order valence-corrected chi connectivity index (χ4v) is 2.72. The third-order valence-electron chi connectivity index (χ3n) is 2.37. The maximum Gasteiger partial charge on any atom is 0.0349 e. The summed E-state index contributed by atoms with van der Waals surface area (Å²) in [6, 6.07) is 12.7. The molecule has 0 spiro atoms. The van der Waals surface area contributed by atoms with Crippen LogP contribution in [0, 0.1) is 0 Å². The molecule has 2 rings (SSSR count). The number of rotatable bonds is 4. The molecule has 0 aliphatic rings. The van der Waals surface area contributed by atoms with E-state index in [1.54, 1.807) is 11.3 Å². The highest BCUT2D eigenvalue weighted by atomic mass is 79.9. The number of benzene rings is 1. The standard InChI is InChI=1S/C14H14BrNS/c15-12-6-4-11(5-7-12)14-9-8-13(17-14)3-1-2-10-16/h1,3-9H,2,10,16H2. The van der Waals surface area contributed by atoms with Crippen LogP contribution in [-0.4, -0.2) is 6.54 Å². The number of thiophene rings is 1. The van der Waals surface area contributed by atoms with Crippen LogP contribution in [0.25, 0.3) is 16.5 Å². The maximum atomic E-state index is 5.45. The van der Waals surface area contributed by atoms with Gasteiger partial charge in [0.05, 0.1) is 0 Å². The minimum absolute atomic E-state index is 0.710. The lowest BCUT2D eigenvalue weighted by Gasteiger charge is -1.96. The van der Waals surface area contributed by atoms with Crippen molar-refractivity contribution in [1.29, 1.82) is 0 Å². The second-order valence-corrected chi connectivity index (χ2v) is 5.72. The van der Waals surface area contributed by atoms with E-state index in [4.69, 9.17) is 5.73 Å². The van der Waals surface area contributed by atoms with Gasteiger partial charge in [0.15, 0.2) is 0 Å². The third kappa shape index (κ3) is 3.53. The summed E-state index contributed by atoms with van der Waals surface area (Å²) in [6.45, 7) is 0.710. The Balaban J connectivity index is 2.15. The average Bonchev–Trinajstić information content (AvgIpc) is 2.79. The van der Waals surface area contributed by atoms with Crippen LogP contribution in [0.3, 0.4) is 0 Å². The van der Waals surface area contributed by atoms with Crippen LogP contribution in [0.2, 0.25) is 0 Å². The normalized spacial score (nSPS) is 11.2. The molecule has 0 amide bonds. The van der Waals surface area contributed by atoms with E-state index >= 15 is 0 Å². The third-order valence-corrected chi connectivity index (χ3v) is 4.00. The fraction of sp³-hybridized carbons (Fsp3) is 0.143. The molecule has 0 fully saturated rings. The molecular formula is C14H14BrNS. The highest BCUT2D eigenvalue weighted by Gasteiger charge is 2.00. The number of hydrogen-bond donors (Lipinski definition) is 1. The Bertz CT molecular complexity index is 499. The van der Waals surface area contributed by atoms with E-state index in [1.807, 2.05) is 0 Å². The molecule has 0 unspecified atom stereocenters. The van der Waals surface area contributed by atoms with Gasteiger partial charge < -0.3 is 5.73 Å². The molecule has 1 aromatic heterocycles. The number of nitrogens with two attached hydrogens (primary N) is 1. The second kappa shape index (κ2) is 6.15. The summed E-state index contributed by atoms with van der Waals surface area (Å²) in [4.78, 5) is 2.57. The van der Waals surface area contributed by atoms with E-state index in [1.165, 1.54) is 15.3 Å². The van der Waals surface area contributed by atoms with Gasteiger partial charge in [-0.2, -0.15) is 0 Å². The highest BCUT2D eigenvalue weighted by Crippen LogP contribution is 2.29. The quantitative estimate of drug-likeness (QED) is 0.881. The highest BCUT2D eigenvalue weighted by molar-refractivity contribution is 9.10. The first-order valence-electron chi connectivity index (χ1n) is 5.52. The van der Waals surface area contributed by atoms with Gasteiger partial charge in [0.1, 0.15) is 0 Å². The summed E-state index contributed by atoms with van der Waals surface area (Å²) in [7, 11) is 0. The van der Waals surface area contributed by atoms with Crippen LogP contribution in [0.15, 0.2) is 46.9 Å². The first-order valence-corrected chi connectivity index (χ1v) is 7.13. The van der Waals surface area contributed by atoms with Gasteiger partial charge in [0, 0.05) is 14.2 Å². The molecule has 0 aliphatic carbocycles. The smallest absolute Gasteiger partial charge is 0.0349 e.